The SMILES string of the molecule is Cc1ccccc1CN(C)C(=O)COc1ccc2c(C)cc(=O)oc2c1. The monoisotopic (exact) mass is 351 g/mol. The Kier molecular flexibility index (Phi) is 5.07. The van der Waals surface area contributed by atoms with E-state index in [1.807, 2.05) is 44.2 Å². The number of carbonyl (C=O) groups excluding carboxylic acids is 1. The predicted octanol–water partition coefficient (Wildman–Crippen LogP) is 3.45. The maximum atomic E-state index is 12.3. The van der Waals surface area contributed by atoms with Crippen LogP contribution < -0.4 is 10.4 Å². The maximum absolute atomic E-state index is 12.3. The molecular weight excluding hydrogens is 330 g/mol. The molecule has 0 atom stereocenters. The van der Waals surface area contributed by atoms with Gasteiger partial charge in [-0.2, -0.15) is 0 Å². The van der Waals surface area contributed by atoms with Gasteiger partial charge in [0.25, 0.3) is 5.91 Å². The van der Waals surface area contributed by atoms with Crippen molar-refractivity contribution in [2.75, 3.05) is 13.7 Å². The van der Waals surface area contributed by atoms with Crippen molar-refractivity contribution in [3.63, 3.8) is 0 Å². The summed E-state index contributed by atoms with van der Waals surface area (Å²) in [7, 11) is 1.75. The Morgan fingerprint density at radius 3 is 2.62 bits per heavy atom. The molecule has 0 aliphatic heterocycles. The minimum absolute atomic E-state index is 0.0794. The summed E-state index contributed by atoms with van der Waals surface area (Å²) in [5.74, 6) is 0.364. The highest BCUT2D eigenvalue weighted by atomic mass is 16.5. The molecule has 1 aromatic heterocycles. The third-order valence-electron chi connectivity index (χ3n) is 4.38. The normalized spacial score (nSPS) is 10.7. The zero-order valence-corrected chi connectivity index (χ0v) is 15.1. The molecule has 26 heavy (non-hydrogen) atoms. The molecule has 0 aliphatic carbocycles. The largest absolute Gasteiger partial charge is 0.484 e. The van der Waals surface area contributed by atoms with Crippen LogP contribution in [0.2, 0.25) is 0 Å². The van der Waals surface area contributed by atoms with Gasteiger partial charge in [-0.3, -0.25) is 4.79 Å². The average Bonchev–Trinajstić information content (AvgIpc) is 2.61. The number of carbonyl (C=O) groups is 1. The molecule has 2 aromatic carbocycles. The number of likely N-dealkylation sites (N-methyl/N-ethyl adjacent to an activating group) is 1. The van der Waals surface area contributed by atoms with Crippen molar-refractivity contribution >= 4 is 16.9 Å². The fourth-order valence-corrected chi connectivity index (χ4v) is 2.78. The first-order chi connectivity index (χ1) is 12.4. The number of amides is 1. The van der Waals surface area contributed by atoms with E-state index in [1.54, 1.807) is 24.1 Å². The van der Waals surface area contributed by atoms with Crippen molar-refractivity contribution in [2.45, 2.75) is 20.4 Å². The second-order valence-electron chi connectivity index (χ2n) is 6.37. The lowest BCUT2D eigenvalue weighted by atomic mass is 10.1. The average molecular weight is 351 g/mol. The number of nitrogens with zero attached hydrogens (tertiary/aromatic N) is 1. The molecule has 0 spiro atoms. The van der Waals surface area contributed by atoms with Gasteiger partial charge in [0, 0.05) is 31.1 Å². The molecule has 1 heterocycles. The molecule has 0 saturated carbocycles. The second kappa shape index (κ2) is 7.44. The first-order valence-electron chi connectivity index (χ1n) is 8.40. The van der Waals surface area contributed by atoms with Crippen LogP contribution in [-0.4, -0.2) is 24.5 Å². The van der Waals surface area contributed by atoms with E-state index in [2.05, 4.69) is 0 Å². The smallest absolute Gasteiger partial charge is 0.336 e. The van der Waals surface area contributed by atoms with Gasteiger partial charge in [0.1, 0.15) is 11.3 Å². The van der Waals surface area contributed by atoms with Crippen LogP contribution in [0.1, 0.15) is 16.7 Å². The first-order valence-corrected chi connectivity index (χ1v) is 8.40. The molecule has 0 radical (unpaired) electrons. The molecule has 134 valence electrons. The van der Waals surface area contributed by atoms with Crippen LogP contribution >= 0.6 is 0 Å². The third kappa shape index (κ3) is 3.94. The highest BCUT2D eigenvalue weighted by molar-refractivity contribution is 5.81. The van der Waals surface area contributed by atoms with Crippen LogP contribution in [0.5, 0.6) is 5.75 Å². The highest BCUT2D eigenvalue weighted by Gasteiger charge is 2.12. The minimum atomic E-state index is -0.402. The summed E-state index contributed by atoms with van der Waals surface area (Å²) >= 11 is 0. The molecular formula is C21H21NO4. The van der Waals surface area contributed by atoms with Crippen LogP contribution in [0.4, 0.5) is 0 Å². The van der Waals surface area contributed by atoms with E-state index in [1.165, 1.54) is 6.07 Å². The number of benzene rings is 2. The third-order valence-corrected chi connectivity index (χ3v) is 4.38. The first kappa shape index (κ1) is 17.7. The lowest BCUT2D eigenvalue weighted by molar-refractivity contribution is -0.132. The highest BCUT2D eigenvalue weighted by Crippen LogP contribution is 2.22. The van der Waals surface area contributed by atoms with E-state index < -0.39 is 5.63 Å². The van der Waals surface area contributed by atoms with Gasteiger partial charge in [-0.25, -0.2) is 4.79 Å². The molecule has 0 fully saturated rings. The number of aryl methyl sites for hydroxylation is 2. The van der Waals surface area contributed by atoms with Crippen molar-refractivity contribution in [1.29, 1.82) is 0 Å². The van der Waals surface area contributed by atoms with Crippen LogP contribution in [0, 0.1) is 13.8 Å². The van der Waals surface area contributed by atoms with Crippen LogP contribution in [0.3, 0.4) is 0 Å². The van der Waals surface area contributed by atoms with Gasteiger partial charge in [0.15, 0.2) is 6.61 Å². The molecule has 0 unspecified atom stereocenters. The lowest BCUT2D eigenvalue weighted by Gasteiger charge is -2.18. The maximum Gasteiger partial charge on any atom is 0.336 e. The molecule has 0 N–H and O–H groups in total. The topological polar surface area (TPSA) is 59.8 Å². The molecule has 0 saturated heterocycles. The van der Waals surface area contributed by atoms with Crippen molar-refractivity contribution < 1.29 is 13.9 Å². The van der Waals surface area contributed by atoms with E-state index in [4.69, 9.17) is 9.15 Å². The summed E-state index contributed by atoms with van der Waals surface area (Å²) < 4.78 is 10.8. The molecule has 3 rings (SSSR count). The Morgan fingerprint density at radius 2 is 1.85 bits per heavy atom. The Labute approximate surface area is 151 Å². The van der Waals surface area contributed by atoms with Crippen molar-refractivity contribution in [3.8, 4) is 5.75 Å². The fraction of sp³-hybridized carbons (Fsp3) is 0.238. The van der Waals surface area contributed by atoms with Crippen molar-refractivity contribution in [3.05, 3.63) is 75.6 Å². The van der Waals surface area contributed by atoms with Gasteiger partial charge < -0.3 is 14.1 Å². The number of rotatable bonds is 5. The minimum Gasteiger partial charge on any atom is -0.484 e. The standard InChI is InChI=1S/C21H21NO4/c1-14-6-4-5-7-16(14)12-22(3)20(23)13-25-17-8-9-18-15(2)10-21(24)26-19(18)11-17/h4-11H,12-13H2,1-3H3. The summed E-state index contributed by atoms with van der Waals surface area (Å²) in [6.07, 6.45) is 0. The molecule has 5 nitrogen and oxygen atoms in total. The van der Waals surface area contributed by atoms with E-state index in [0.29, 0.717) is 17.9 Å². The number of hydrogen-bond donors (Lipinski definition) is 0. The summed E-state index contributed by atoms with van der Waals surface area (Å²) in [6.45, 7) is 4.32. The Morgan fingerprint density at radius 1 is 1.08 bits per heavy atom. The van der Waals surface area contributed by atoms with Gasteiger partial charge in [-0.15, -0.1) is 0 Å². The van der Waals surface area contributed by atoms with E-state index in [-0.39, 0.29) is 12.5 Å². The van der Waals surface area contributed by atoms with Crippen LogP contribution in [-0.2, 0) is 11.3 Å². The molecule has 0 bridgehead atoms. The molecule has 5 heteroatoms. The summed E-state index contributed by atoms with van der Waals surface area (Å²) in [6, 6.07) is 14.6. The van der Waals surface area contributed by atoms with Crippen molar-refractivity contribution in [1.82, 2.24) is 4.90 Å². The number of hydrogen-bond acceptors (Lipinski definition) is 4. The quantitative estimate of drug-likeness (QED) is 0.661. The van der Waals surface area contributed by atoms with Gasteiger partial charge in [-0.1, -0.05) is 24.3 Å². The van der Waals surface area contributed by atoms with E-state index >= 15 is 0 Å². The number of ether oxygens (including phenoxy) is 1. The summed E-state index contributed by atoms with van der Waals surface area (Å²) in [5.41, 5.74) is 3.14. The molecule has 0 aliphatic rings. The number of fused-ring (bicyclic) bond motifs is 1. The van der Waals surface area contributed by atoms with Crippen molar-refractivity contribution in [2.24, 2.45) is 0 Å². The zero-order chi connectivity index (χ0) is 18.7. The van der Waals surface area contributed by atoms with Crippen LogP contribution in [0.15, 0.2) is 57.7 Å². The Bertz CT molecular complexity index is 1010. The summed E-state index contributed by atoms with van der Waals surface area (Å²) in [4.78, 5) is 25.5. The molecule has 3 aromatic rings. The van der Waals surface area contributed by atoms with Gasteiger partial charge in [0.05, 0.1) is 0 Å². The van der Waals surface area contributed by atoms with Gasteiger partial charge in [-0.05, 0) is 42.7 Å². The van der Waals surface area contributed by atoms with E-state index in [0.717, 1.165) is 22.1 Å². The zero-order valence-electron chi connectivity index (χ0n) is 15.1. The Hall–Kier alpha value is -3.08. The Balaban J connectivity index is 1.66. The van der Waals surface area contributed by atoms with Gasteiger partial charge in [0.2, 0.25) is 0 Å². The second-order valence-corrected chi connectivity index (χ2v) is 6.37. The van der Waals surface area contributed by atoms with E-state index in [9.17, 15) is 9.59 Å². The van der Waals surface area contributed by atoms with Crippen LogP contribution in [0.25, 0.3) is 11.0 Å². The fourth-order valence-electron chi connectivity index (χ4n) is 2.78. The van der Waals surface area contributed by atoms with Gasteiger partial charge >= 0.3 is 5.63 Å². The predicted molar refractivity (Wildman–Crippen MR) is 100 cm³/mol. The lowest BCUT2D eigenvalue weighted by Crippen LogP contribution is -2.31. The molecule has 1 amide bonds. The summed E-state index contributed by atoms with van der Waals surface area (Å²) in [5, 5.41) is 0.847.